The van der Waals surface area contributed by atoms with E-state index in [2.05, 4.69) is 10.5 Å². The van der Waals surface area contributed by atoms with Crippen molar-refractivity contribution in [3.05, 3.63) is 82.2 Å². The van der Waals surface area contributed by atoms with E-state index in [-0.39, 0.29) is 5.43 Å². The van der Waals surface area contributed by atoms with Gasteiger partial charge >= 0.3 is 0 Å². The van der Waals surface area contributed by atoms with E-state index in [4.69, 9.17) is 9.25 Å². The van der Waals surface area contributed by atoms with Gasteiger partial charge in [-0.2, -0.15) is 0 Å². The largest absolute Gasteiger partial charge is 0.464 e. The first-order valence-electron chi connectivity index (χ1n) is 6.88. The summed E-state index contributed by atoms with van der Waals surface area (Å²) in [6, 6.07) is 16.7. The van der Waals surface area contributed by atoms with Crippen molar-refractivity contribution in [3.8, 4) is 0 Å². The normalized spacial score (nSPS) is 17.3. The third-order valence-electron chi connectivity index (χ3n) is 3.53. The predicted octanol–water partition coefficient (Wildman–Crippen LogP) is 2.77. The van der Waals surface area contributed by atoms with E-state index in [0.717, 1.165) is 5.56 Å². The molecule has 5 heteroatoms. The smallest absolute Gasteiger partial charge is 0.209 e. The van der Waals surface area contributed by atoms with Gasteiger partial charge in [0.2, 0.25) is 11.7 Å². The van der Waals surface area contributed by atoms with Crippen molar-refractivity contribution in [1.82, 2.24) is 5.48 Å². The molecule has 1 aromatic heterocycles. The fourth-order valence-electron chi connectivity index (χ4n) is 2.41. The molecule has 2 heterocycles. The van der Waals surface area contributed by atoms with Crippen molar-refractivity contribution in [2.24, 2.45) is 4.99 Å². The van der Waals surface area contributed by atoms with Crippen LogP contribution in [0.1, 0.15) is 17.4 Å². The molecule has 0 spiro atoms. The molecule has 0 bridgehead atoms. The number of benzene rings is 2. The highest BCUT2D eigenvalue weighted by Gasteiger charge is 2.24. The zero-order chi connectivity index (χ0) is 14.9. The Hall–Kier alpha value is -2.92. The van der Waals surface area contributed by atoms with Crippen molar-refractivity contribution >= 4 is 16.8 Å². The third kappa shape index (κ3) is 2.08. The molecule has 1 N–H and O–H groups in total. The number of nitrogens with zero attached hydrogens (tertiary/aromatic N) is 1. The van der Waals surface area contributed by atoms with Crippen molar-refractivity contribution in [1.29, 1.82) is 0 Å². The van der Waals surface area contributed by atoms with Crippen molar-refractivity contribution in [2.75, 3.05) is 0 Å². The molecule has 108 valence electrons. The van der Waals surface area contributed by atoms with Crippen LogP contribution in [0, 0.1) is 0 Å². The fourth-order valence-corrected chi connectivity index (χ4v) is 2.41. The average Bonchev–Trinajstić information content (AvgIpc) is 3.06. The van der Waals surface area contributed by atoms with Crippen LogP contribution in [-0.2, 0) is 4.84 Å². The molecular formula is C17H12N2O3. The molecular weight excluding hydrogens is 280 g/mol. The van der Waals surface area contributed by atoms with Crippen LogP contribution in [0.15, 0.2) is 75.1 Å². The molecule has 0 radical (unpaired) electrons. The summed E-state index contributed by atoms with van der Waals surface area (Å²) < 4.78 is 5.50. The molecule has 0 fully saturated rings. The Bertz CT molecular complexity index is 916. The molecule has 1 aliphatic heterocycles. The predicted molar refractivity (Wildman–Crippen MR) is 82.4 cm³/mol. The summed E-state index contributed by atoms with van der Waals surface area (Å²) in [4.78, 5) is 22.4. The number of para-hydroxylation sites is 1. The number of aliphatic imine (C=N–C) groups is 1. The second-order valence-corrected chi connectivity index (χ2v) is 4.93. The van der Waals surface area contributed by atoms with Gasteiger partial charge in [0, 0.05) is 5.56 Å². The van der Waals surface area contributed by atoms with Crippen LogP contribution >= 0.6 is 0 Å². The minimum Gasteiger partial charge on any atom is -0.464 e. The minimum absolute atomic E-state index is 0.133. The summed E-state index contributed by atoms with van der Waals surface area (Å²) in [5.41, 5.74) is 4.45. The average molecular weight is 292 g/mol. The van der Waals surface area contributed by atoms with Crippen molar-refractivity contribution in [2.45, 2.75) is 6.23 Å². The van der Waals surface area contributed by atoms with E-state index in [9.17, 15) is 4.79 Å². The van der Waals surface area contributed by atoms with Crippen molar-refractivity contribution < 1.29 is 9.25 Å². The number of hydrogen-bond acceptors (Lipinski definition) is 5. The molecule has 0 saturated carbocycles. The standard InChI is InChI=1S/C17H12N2O3/c20-15-12-8-4-5-9-14(12)21-10-13(15)17-18-16(19-22-17)11-6-2-1-3-7-11/h1-10,17H,(H,18,19). The Labute approximate surface area is 125 Å². The van der Waals surface area contributed by atoms with E-state index < -0.39 is 6.23 Å². The maximum absolute atomic E-state index is 12.5. The topological polar surface area (TPSA) is 63.8 Å². The fraction of sp³-hybridized carbons (Fsp3) is 0.0588. The molecule has 1 unspecified atom stereocenters. The second kappa shape index (κ2) is 5.13. The molecule has 4 rings (SSSR count). The Morgan fingerprint density at radius 2 is 1.77 bits per heavy atom. The van der Waals surface area contributed by atoms with Gasteiger partial charge in [0.15, 0.2) is 5.84 Å². The Morgan fingerprint density at radius 3 is 2.64 bits per heavy atom. The second-order valence-electron chi connectivity index (χ2n) is 4.93. The summed E-state index contributed by atoms with van der Waals surface area (Å²) >= 11 is 0. The highest BCUT2D eigenvalue weighted by molar-refractivity contribution is 5.98. The highest BCUT2D eigenvalue weighted by Crippen LogP contribution is 2.22. The summed E-state index contributed by atoms with van der Waals surface area (Å²) in [6.45, 7) is 0. The molecule has 0 saturated heterocycles. The molecule has 5 nitrogen and oxygen atoms in total. The summed E-state index contributed by atoms with van der Waals surface area (Å²) in [5.74, 6) is 0.596. The Morgan fingerprint density at radius 1 is 1.00 bits per heavy atom. The van der Waals surface area contributed by atoms with Gasteiger partial charge in [-0.05, 0) is 12.1 Å². The zero-order valence-corrected chi connectivity index (χ0v) is 11.5. The minimum atomic E-state index is -0.712. The first-order valence-corrected chi connectivity index (χ1v) is 6.88. The van der Waals surface area contributed by atoms with Crippen LogP contribution in [0.2, 0.25) is 0 Å². The third-order valence-corrected chi connectivity index (χ3v) is 3.53. The van der Waals surface area contributed by atoms with Crippen LogP contribution in [0.3, 0.4) is 0 Å². The van der Waals surface area contributed by atoms with Crippen LogP contribution in [0.5, 0.6) is 0 Å². The first kappa shape index (κ1) is 12.8. The quantitative estimate of drug-likeness (QED) is 0.789. The van der Waals surface area contributed by atoms with E-state index in [1.54, 1.807) is 18.2 Å². The summed E-state index contributed by atoms with van der Waals surface area (Å²) in [7, 11) is 0. The van der Waals surface area contributed by atoms with Crippen LogP contribution in [-0.4, -0.2) is 5.84 Å². The van der Waals surface area contributed by atoms with E-state index in [1.807, 2.05) is 36.4 Å². The molecule has 0 amide bonds. The number of amidine groups is 1. The van der Waals surface area contributed by atoms with Gasteiger partial charge in [0.25, 0.3) is 0 Å². The lowest BCUT2D eigenvalue weighted by Gasteiger charge is -2.05. The lowest BCUT2D eigenvalue weighted by Crippen LogP contribution is -2.19. The van der Waals surface area contributed by atoms with Gasteiger partial charge < -0.3 is 4.42 Å². The monoisotopic (exact) mass is 292 g/mol. The summed E-state index contributed by atoms with van der Waals surface area (Å²) in [5, 5.41) is 0.520. The lowest BCUT2D eigenvalue weighted by atomic mass is 10.1. The number of rotatable bonds is 2. The summed E-state index contributed by atoms with van der Waals surface area (Å²) in [6.07, 6.45) is 0.699. The van der Waals surface area contributed by atoms with Gasteiger partial charge in [0.05, 0.1) is 10.9 Å². The molecule has 22 heavy (non-hydrogen) atoms. The lowest BCUT2D eigenvalue weighted by molar-refractivity contribution is 0.0362. The van der Waals surface area contributed by atoms with Crippen LogP contribution < -0.4 is 10.9 Å². The number of hydroxylamine groups is 1. The number of hydrogen-bond donors (Lipinski definition) is 1. The van der Waals surface area contributed by atoms with Gasteiger partial charge in [0.1, 0.15) is 11.8 Å². The molecule has 3 aromatic rings. The maximum atomic E-state index is 12.5. The highest BCUT2D eigenvalue weighted by atomic mass is 16.7. The van der Waals surface area contributed by atoms with Gasteiger partial charge in [-0.3, -0.25) is 4.79 Å². The molecule has 0 aliphatic carbocycles. The SMILES string of the molecule is O=c1c(C2N=C(c3ccccc3)NO2)coc2ccccc12. The van der Waals surface area contributed by atoms with E-state index >= 15 is 0 Å². The maximum Gasteiger partial charge on any atom is 0.209 e. The van der Waals surface area contributed by atoms with Crippen LogP contribution in [0.4, 0.5) is 0 Å². The van der Waals surface area contributed by atoms with Gasteiger partial charge in [-0.25, -0.2) is 15.3 Å². The molecule has 1 aliphatic rings. The van der Waals surface area contributed by atoms with E-state index in [0.29, 0.717) is 22.4 Å². The van der Waals surface area contributed by atoms with Gasteiger partial charge in [-0.15, -0.1) is 0 Å². The first-order chi connectivity index (χ1) is 10.8. The molecule has 1 atom stereocenters. The number of fused-ring (bicyclic) bond motifs is 1. The molecule has 2 aromatic carbocycles. The van der Waals surface area contributed by atoms with Gasteiger partial charge in [-0.1, -0.05) is 42.5 Å². The Balaban J connectivity index is 1.76. The Kier molecular flexibility index (Phi) is 2.98. The zero-order valence-electron chi connectivity index (χ0n) is 11.5. The van der Waals surface area contributed by atoms with Crippen LogP contribution in [0.25, 0.3) is 11.0 Å². The van der Waals surface area contributed by atoms with Crippen molar-refractivity contribution in [3.63, 3.8) is 0 Å². The van der Waals surface area contributed by atoms with E-state index in [1.165, 1.54) is 6.26 Å². The number of nitrogens with one attached hydrogen (secondary N) is 1.